The van der Waals surface area contributed by atoms with Crippen molar-refractivity contribution < 1.29 is 9.30 Å². The van der Waals surface area contributed by atoms with E-state index >= 15 is 0 Å². The largest absolute Gasteiger partial charge is 0.342 e. The third-order valence-electron chi connectivity index (χ3n) is 2.59. The Morgan fingerprint density at radius 1 is 1.33 bits per heavy atom. The van der Waals surface area contributed by atoms with Gasteiger partial charge in [-0.15, -0.1) is 0 Å². The van der Waals surface area contributed by atoms with E-state index in [0.717, 1.165) is 19.6 Å². The maximum Gasteiger partial charge on any atom is 0.255 e. The highest BCUT2D eigenvalue weighted by Gasteiger charge is 2.10. The van der Waals surface area contributed by atoms with Crippen molar-refractivity contribution in [1.29, 1.82) is 0 Å². The predicted octanol–water partition coefficient (Wildman–Crippen LogP) is 2.27. The number of hydrogen-bond donors (Lipinski definition) is 0. The maximum absolute atomic E-state index is 5.52. The Morgan fingerprint density at radius 2 is 2.13 bits per heavy atom. The number of ether oxygens (including phenoxy) is 1. The fourth-order valence-corrected chi connectivity index (χ4v) is 1.55. The van der Waals surface area contributed by atoms with Crippen LogP contribution in [0, 0.1) is 6.92 Å². The quantitative estimate of drug-likeness (QED) is 0.500. The summed E-state index contributed by atoms with van der Waals surface area (Å²) >= 11 is 0. The monoisotopic (exact) mass is 211 g/mol. The van der Waals surface area contributed by atoms with E-state index in [1.165, 1.54) is 18.7 Å². The highest BCUT2D eigenvalue weighted by molar-refractivity contribution is 4.78. The topological polar surface area (TPSA) is 18.0 Å². The van der Waals surface area contributed by atoms with Crippen molar-refractivity contribution in [3.63, 3.8) is 0 Å². The van der Waals surface area contributed by atoms with Gasteiger partial charge in [0.15, 0.2) is 6.73 Å². The molecule has 0 aliphatic carbocycles. The van der Waals surface area contributed by atoms with Gasteiger partial charge in [0.25, 0.3) is 5.82 Å². The molecule has 0 aromatic carbocycles. The van der Waals surface area contributed by atoms with Crippen molar-refractivity contribution in [3.05, 3.63) is 18.2 Å². The molecule has 0 amide bonds. The molecule has 0 fully saturated rings. The molecule has 0 aliphatic rings. The number of aromatic nitrogens is 2. The van der Waals surface area contributed by atoms with Crippen LogP contribution in [0.25, 0.3) is 0 Å². The first kappa shape index (κ1) is 12.2. The molecule has 0 atom stereocenters. The minimum Gasteiger partial charge on any atom is -0.342 e. The number of nitrogens with zero attached hydrogens (tertiary/aromatic N) is 2. The van der Waals surface area contributed by atoms with Crippen molar-refractivity contribution in [1.82, 2.24) is 4.57 Å². The van der Waals surface area contributed by atoms with Crippen LogP contribution >= 0.6 is 0 Å². The van der Waals surface area contributed by atoms with E-state index in [1.54, 1.807) is 0 Å². The lowest BCUT2D eigenvalue weighted by atomic mass is 10.3. The molecule has 0 bridgehead atoms. The molecule has 15 heavy (non-hydrogen) atoms. The first-order chi connectivity index (χ1) is 7.29. The molecule has 0 spiro atoms. The Bertz CT molecular complexity index is 281. The summed E-state index contributed by atoms with van der Waals surface area (Å²) < 4.78 is 9.97. The highest BCUT2D eigenvalue weighted by Crippen LogP contribution is 1.98. The van der Waals surface area contributed by atoms with E-state index in [-0.39, 0.29) is 0 Å². The van der Waals surface area contributed by atoms with Gasteiger partial charge in [0.1, 0.15) is 12.4 Å². The van der Waals surface area contributed by atoms with Gasteiger partial charge >= 0.3 is 0 Å². The average Bonchev–Trinajstić information content (AvgIpc) is 2.58. The molecule has 1 aromatic heterocycles. The normalized spacial score (nSPS) is 10.9. The molecule has 3 nitrogen and oxygen atoms in total. The minimum absolute atomic E-state index is 0.679. The molecule has 0 radical (unpaired) electrons. The average molecular weight is 211 g/mol. The van der Waals surface area contributed by atoms with E-state index in [9.17, 15) is 0 Å². The van der Waals surface area contributed by atoms with Gasteiger partial charge in [0.2, 0.25) is 0 Å². The predicted molar refractivity (Wildman–Crippen MR) is 60.5 cm³/mol. The molecule has 3 heteroatoms. The lowest BCUT2D eigenvalue weighted by molar-refractivity contribution is -0.737. The first-order valence-corrected chi connectivity index (χ1v) is 5.92. The zero-order chi connectivity index (χ0) is 11.1. The van der Waals surface area contributed by atoms with E-state index in [1.807, 2.05) is 0 Å². The van der Waals surface area contributed by atoms with Crippen LogP contribution in [0.2, 0.25) is 0 Å². The first-order valence-electron chi connectivity index (χ1n) is 5.92. The zero-order valence-electron chi connectivity index (χ0n) is 10.2. The van der Waals surface area contributed by atoms with Crippen LogP contribution in [-0.4, -0.2) is 11.2 Å². The Hall–Kier alpha value is -0.830. The van der Waals surface area contributed by atoms with Gasteiger partial charge < -0.3 is 4.74 Å². The van der Waals surface area contributed by atoms with Crippen LogP contribution < -0.4 is 4.57 Å². The van der Waals surface area contributed by atoms with E-state index in [0.29, 0.717) is 6.73 Å². The Kier molecular flexibility index (Phi) is 5.40. The van der Waals surface area contributed by atoms with Crippen molar-refractivity contribution in [2.75, 3.05) is 6.61 Å². The second kappa shape index (κ2) is 6.62. The summed E-state index contributed by atoms with van der Waals surface area (Å²) in [5.41, 5.74) is 0. The SMILES string of the molecule is CCCCn1cc[n+](COCCC)c1C. The molecule has 0 aliphatic heterocycles. The van der Waals surface area contributed by atoms with E-state index in [2.05, 4.69) is 42.3 Å². The van der Waals surface area contributed by atoms with Gasteiger partial charge in [-0.3, -0.25) is 0 Å². The van der Waals surface area contributed by atoms with E-state index in [4.69, 9.17) is 4.74 Å². The Balaban J connectivity index is 2.47. The summed E-state index contributed by atoms with van der Waals surface area (Å²) in [6.45, 7) is 9.13. The Morgan fingerprint density at radius 3 is 2.80 bits per heavy atom. The fraction of sp³-hybridized carbons (Fsp3) is 0.750. The van der Waals surface area contributed by atoms with Gasteiger partial charge in [-0.05, 0) is 12.8 Å². The highest BCUT2D eigenvalue weighted by atomic mass is 16.5. The number of aryl methyl sites for hydroxylation is 1. The lowest BCUT2D eigenvalue weighted by Crippen LogP contribution is -2.37. The van der Waals surface area contributed by atoms with Crippen molar-refractivity contribution >= 4 is 0 Å². The summed E-state index contributed by atoms with van der Waals surface area (Å²) in [4.78, 5) is 0. The zero-order valence-corrected chi connectivity index (χ0v) is 10.2. The van der Waals surface area contributed by atoms with Gasteiger partial charge in [-0.1, -0.05) is 20.3 Å². The molecule has 0 saturated heterocycles. The minimum atomic E-state index is 0.679. The molecular formula is C12H23N2O+. The summed E-state index contributed by atoms with van der Waals surface area (Å²) in [5.74, 6) is 1.28. The van der Waals surface area contributed by atoms with Crippen LogP contribution in [0.3, 0.4) is 0 Å². The van der Waals surface area contributed by atoms with Crippen molar-refractivity contribution in [3.8, 4) is 0 Å². The molecule has 1 rings (SSSR count). The number of hydrogen-bond acceptors (Lipinski definition) is 1. The summed E-state index contributed by atoms with van der Waals surface area (Å²) in [6, 6.07) is 0. The lowest BCUT2D eigenvalue weighted by Gasteiger charge is -2.01. The van der Waals surface area contributed by atoms with Crippen molar-refractivity contribution in [2.45, 2.75) is 53.3 Å². The number of imidazole rings is 1. The van der Waals surface area contributed by atoms with Gasteiger partial charge in [0.05, 0.1) is 13.2 Å². The second-order valence-electron chi connectivity index (χ2n) is 3.90. The molecule has 1 heterocycles. The number of unbranched alkanes of at least 4 members (excludes halogenated alkanes) is 1. The number of rotatable bonds is 7. The van der Waals surface area contributed by atoms with E-state index < -0.39 is 0 Å². The third kappa shape index (κ3) is 3.67. The standard InChI is InChI=1S/C12H23N2O/c1-4-6-7-13-8-9-14(12(13)3)11-15-10-5-2/h8-9H,4-7,10-11H2,1-3H3/q+1. The van der Waals surface area contributed by atoms with Gasteiger partial charge in [-0.25, -0.2) is 9.13 Å². The van der Waals surface area contributed by atoms with Gasteiger partial charge in [-0.2, -0.15) is 0 Å². The van der Waals surface area contributed by atoms with Crippen LogP contribution in [0.15, 0.2) is 12.4 Å². The van der Waals surface area contributed by atoms with Gasteiger partial charge in [0, 0.05) is 6.92 Å². The van der Waals surface area contributed by atoms with Crippen LogP contribution in [0.5, 0.6) is 0 Å². The summed E-state index contributed by atoms with van der Waals surface area (Å²) in [5, 5.41) is 0. The fourth-order valence-electron chi connectivity index (χ4n) is 1.55. The molecule has 86 valence electrons. The second-order valence-corrected chi connectivity index (χ2v) is 3.90. The van der Waals surface area contributed by atoms with Crippen LogP contribution in [0.1, 0.15) is 38.9 Å². The van der Waals surface area contributed by atoms with Crippen LogP contribution in [0.4, 0.5) is 0 Å². The maximum atomic E-state index is 5.52. The molecular weight excluding hydrogens is 188 g/mol. The van der Waals surface area contributed by atoms with Crippen LogP contribution in [-0.2, 0) is 18.0 Å². The van der Waals surface area contributed by atoms with Crippen molar-refractivity contribution in [2.24, 2.45) is 0 Å². The summed E-state index contributed by atoms with van der Waals surface area (Å²) in [7, 11) is 0. The smallest absolute Gasteiger partial charge is 0.255 e. The third-order valence-corrected chi connectivity index (χ3v) is 2.59. The molecule has 0 N–H and O–H groups in total. The molecule has 0 unspecified atom stereocenters. The molecule has 1 aromatic rings. The summed E-state index contributed by atoms with van der Waals surface area (Å²) in [6.07, 6.45) is 7.80. The molecule has 0 saturated carbocycles. The Labute approximate surface area is 92.7 Å².